The number of aromatic nitrogens is 4. The van der Waals surface area contributed by atoms with Crippen molar-refractivity contribution in [1.82, 2.24) is 25.3 Å². The highest BCUT2D eigenvalue weighted by Crippen LogP contribution is 2.30. The first-order valence-corrected chi connectivity index (χ1v) is 14.3. The average Bonchev–Trinajstić information content (AvgIpc) is 3.37. The predicted molar refractivity (Wildman–Crippen MR) is 146 cm³/mol. The second-order valence-electron chi connectivity index (χ2n) is 8.31. The van der Waals surface area contributed by atoms with E-state index in [2.05, 4.69) is 30.6 Å². The molecule has 3 aromatic heterocycles. The smallest absolute Gasteiger partial charge is 0.148 e. The molecule has 3 heterocycles. The fourth-order valence-corrected chi connectivity index (χ4v) is 4.88. The molecule has 0 unspecified atom stereocenters. The van der Waals surface area contributed by atoms with E-state index in [4.69, 9.17) is 4.74 Å². The Hall–Kier alpha value is -3.93. The van der Waals surface area contributed by atoms with Gasteiger partial charge in [0, 0.05) is 41.5 Å². The van der Waals surface area contributed by atoms with Crippen LogP contribution in [0.2, 0.25) is 0 Å². The Labute approximate surface area is 218 Å². The molecule has 11 heteroatoms. The first kappa shape index (κ1) is 24.8. The summed E-state index contributed by atoms with van der Waals surface area (Å²) in [5, 5.41) is 8.08. The summed E-state index contributed by atoms with van der Waals surface area (Å²) in [4.78, 5) is 18.8. The van der Waals surface area contributed by atoms with Gasteiger partial charge in [-0.15, -0.1) is 11.3 Å². The summed E-state index contributed by atoms with van der Waals surface area (Å²) in [6, 6.07) is 19.2. The molecule has 0 saturated carbocycles. The van der Waals surface area contributed by atoms with Gasteiger partial charge in [0.25, 0.3) is 0 Å². The maximum Gasteiger partial charge on any atom is 0.148 e. The maximum atomic E-state index is 11.3. The molecule has 0 aliphatic carbocycles. The van der Waals surface area contributed by atoms with Crippen LogP contribution in [0.15, 0.2) is 79.4 Å². The van der Waals surface area contributed by atoms with Gasteiger partial charge in [0.2, 0.25) is 0 Å². The Kier molecular flexibility index (Phi) is 7.35. The van der Waals surface area contributed by atoms with Gasteiger partial charge in [-0.2, -0.15) is 0 Å². The lowest BCUT2D eigenvalue weighted by Gasteiger charge is -2.10. The van der Waals surface area contributed by atoms with Crippen LogP contribution in [0.5, 0.6) is 11.5 Å². The number of hydrogen-bond acceptors (Lipinski definition) is 10. The van der Waals surface area contributed by atoms with E-state index in [1.807, 2.05) is 60.7 Å². The van der Waals surface area contributed by atoms with Crippen molar-refractivity contribution in [2.24, 2.45) is 0 Å². The van der Waals surface area contributed by atoms with E-state index in [1.54, 1.807) is 12.4 Å². The van der Waals surface area contributed by atoms with Crippen molar-refractivity contribution in [3.63, 3.8) is 0 Å². The normalized spacial score (nSPS) is 11.5. The van der Waals surface area contributed by atoms with Crippen molar-refractivity contribution in [3.05, 3.63) is 84.3 Å². The van der Waals surface area contributed by atoms with Crippen LogP contribution < -0.4 is 15.4 Å². The summed E-state index contributed by atoms with van der Waals surface area (Å²) < 4.78 is 28.4. The maximum absolute atomic E-state index is 11.3. The largest absolute Gasteiger partial charge is 0.457 e. The molecule has 0 radical (unpaired) electrons. The second kappa shape index (κ2) is 11.0. The molecule has 37 heavy (non-hydrogen) atoms. The third-order valence-electron chi connectivity index (χ3n) is 5.34. The van der Waals surface area contributed by atoms with E-state index < -0.39 is 9.84 Å². The van der Waals surface area contributed by atoms with Crippen LogP contribution in [-0.4, -0.2) is 46.9 Å². The molecule has 0 amide bonds. The van der Waals surface area contributed by atoms with Crippen LogP contribution in [0, 0.1) is 0 Å². The third kappa shape index (κ3) is 6.64. The summed E-state index contributed by atoms with van der Waals surface area (Å²) >= 11 is 1.50. The van der Waals surface area contributed by atoms with Crippen LogP contribution in [0.1, 0.15) is 4.88 Å². The van der Waals surface area contributed by atoms with Crippen molar-refractivity contribution in [3.8, 4) is 22.2 Å². The number of pyridine rings is 1. The van der Waals surface area contributed by atoms with Gasteiger partial charge in [0.15, 0.2) is 0 Å². The number of rotatable bonds is 10. The lowest BCUT2D eigenvalue weighted by atomic mass is 10.2. The molecule has 188 valence electrons. The molecule has 0 spiro atoms. The molecule has 5 aromatic rings. The molecule has 9 nitrogen and oxygen atoms in total. The van der Waals surface area contributed by atoms with Crippen molar-refractivity contribution in [2.75, 3.05) is 23.9 Å². The predicted octanol–water partition coefficient (Wildman–Crippen LogP) is 4.82. The number of fused-ring (bicyclic) bond motifs is 1. The highest BCUT2D eigenvalue weighted by molar-refractivity contribution is 7.90. The number of sulfone groups is 1. The molecule has 0 atom stereocenters. The van der Waals surface area contributed by atoms with Crippen molar-refractivity contribution in [2.45, 2.75) is 6.54 Å². The lowest BCUT2D eigenvalue weighted by molar-refractivity contribution is 0.483. The Morgan fingerprint density at radius 1 is 0.919 bits per heavy atom. The molecule has 0 aliphatic rings. The van der Waals surface area contributed by atoms with E-state index in [1.165, 1.54) is 23.9 Å². The van der Waals surface area contributed by atoms with E-state index in [-0.39, 0.29) is 5.75 Å². The number of para-hydroxylation sites is 1. The van der Waals surface area contributed by atoms with Gasteiger partial charge in [-0.3, -0.25) is 4.98 Å². The molecule has 0 aliphatic heterocycles. The second-order valence-corrected chi connectivity index (χ2v) is 11.7. The van der Waals surface area contributed by atoms with E-state index in [9.17, 15) is 8.42 Å². The molecule has 0 fully saturated rings. The lowest BCUT2D eigenvalue weighted by Crippen LogP contribution is -2.21. The van der Waals surface area contributed by atoms with Crippen LogP contribution in [0.4, 0.5) is 11.5 Å². The Balaban J connectivity index is 1.30. The van der Waals surface area contributed by atoms with Gasteiger partial charge in [-0.25, -0.2) is 23.4 Å². The minimum atomic E-state index is -2.99. The van der Waals surface area contributed by atoms with Crippen LogP contribution in [0.25, 0.3) is 21.6 Å². The van der Waals surface area contributed by atoms with Crippen LogP contribution in [0.3, 0.4) is 0 Å². The molecule has 2 N–H and O–H groups in total. The number of anilines is 2. The summed E-state index contributed by atoms with van der Waals surface area (Å²) in [6.45, 7) is 0.937. The number of ether oxygens (including phenoxy) is 1. The highest BCUT2D eigenvalue weighted by Gasteiger charge is 2.11. The van der Waals surface area contributed by atoms with Crippen molar-refractivity contribution >= 4 is 43.6 Å². The zero-order valence-corrected chi connectivity index (χ0v) is 21.6. The van der Waals surface area contributed by atoms with Gasteiger partial charge in [0.1, 0.15) is 38.5 Å². The summed E-state index contributed by atoms with van der Waals surface area (Å²) in [5.41, 5.74) is 2.28. The topological polar surface area (TPSA) is 119 Å². The van der Waals surface area contributed by atoms with E-state index in [0.717, 1.165) is 32.5 Å². The SMILES string of the molecule is CS(=O)(=O)CCNCc1cnc(-c2cc3c(Nc4ccc(Oc5ccccc5)cc4)ncnc3cn2)s1. The standard InChI is InChI=1S/C26H24N6O3S2/c1-37(33,34)12-11-27-14-21-15-29-26(36-21)23-13-22-24(16-28-23)30-17-31-25(22)32-18-7-9-20(10-8-18)35-19-5-3-2-4-6-19/h2-10,13,15-17,27H,11-12,14H2,1H3,(H,30,31,32). The quantitative estimate of drug-likeness (QED) is 0.244. The average molecular weight is 533 g/mol. The Bertz CT molecular complexity index is 1610. The summed E-state index contributed by atoms with van der Waals surface area (Å²) in [5.74, 6) is 2.27. The van der Waals surface area contributed by atoms with Gasteiger partial charge < -0.3 is 15.4 Å². The monoisotopic (exact) mass is 532 g/mol. The zero-order valence-electron chi connectivity index (χ0n) is 20.0. The van der Waals surface area contributed by atoms with Gasteiger partial charge in [-0.05, 0) is 42.5 Å². The van der Waals surface area contributed by atoms with Gasteiger partial charge in [-0.1, -0.05) is 18.2 Å². The molecule has 0 bridgehead atoms. The summed E-state index contributed by atoms with van der Waals surface area (Å²) in [7, 11) is -2.99. The number of nitrogens with zero attached hydrogens (tertiary/aromatic N) is 4. The summed E-state index contributed by atoms with van der Waals surface area (Å²) in [6.07, 6.45) is 6.22. The van der Waals surface area contributed by atoms with E-state index in [0.29, 0.717) is 30.1 Å². The number of hydrogen-bond donors (Lipinski definition) is 2. The van der Waals surface area contributed by atoms with Crippen LogP contribution >= 0.6 is 11.3 Å². The fourth-order valence-electron chi connectivity index (χ4n) is 3.52. The Morgan fingerprint density at radius 3 is 2.49 bits per heavy atom. The van der Waals surface area contributed by atoms with Crippen molar-refractivity contribution < 1.29 is 13.2 Å². The minimum absolute atomic E-state index is 0.101. The highest BCUT2D eigenvalue weighted by atomic mass is 32.2. The van der Waals surface area contributed by atoms with Gasteiger partial charge in [0.05, 0.1) is 23.2 Å². The first-order chi connectivity index (χ1) is 17.9. The van der Waals surface area contributed by atoms with Crippen LogP contribution in [-0.2, 0) is 16.4 Å². The van der Waals surface area contributed by atoms with Gasteiger partial charge >= 0.3 is 0 Å². The molecule has 0 saturated heterocycles. The number of benzene rings is 2. The Morgan fingerprint density at radius 2 is 1.70 bits per heavy atom. The molecular weight excluding hydrogens is 508 g/mol. The number of thiazole rings is 1. The third-order valence-corrected chi connectivity index (χ3v) is 7.30. The van der Waals surface area contributed by atoms with E-state index >= 15 is 0 Å². The molecule has 5 rings (SSSR count). The minimum Gasteiger partial charge on any atom is -0.457 e. The zero-order chi connectivity index (χ0) is 25.7. The first-order valence-electron chi connectivity index (χ1n) is 11.5. The molecule has 2 aromatic carbocycles. The fraction of sp³-hybridized carbons (Fsp3) is 0.154. The number of nitrogens with one attached hydrogen (secondary N) is 2. The van der Waals surface area contributed by atoms with Crippen molar-refractivity contribution in [1.29, 1.82) is 0 Å². The molecular formula is C26H24N6O3S2.